The molecule has 3 aromatic rings. The summed E-state index contributed by atoms with van der Waals surface area (Å²) in [4.78, 5) is 4.54. The van der Waals surface area contributed by atoms with Crippen molar-refractivity contribution < 1.29 is 17.6 Å². The number of oxazole rings is 1. The lowest BCUT2D eigenvalue weighted by atomic mass is 10.2. The fraction of sp³-hybridized carbons (Fsp3) is 0.250. The molecule has 1 aromatic heterocycles. The second kappa shape index (κ2) is 9.67. The fourth-order valence-electron chi connectivity index (χ4n) is 2.42. The minimum Gasteiger partial charge on any atom is -0.493 e. The maximum absolute atomic E-state index is 12.0. The number of aromatic nitrogens is 1. The number of hydrogen-bond acceptors (Lipinski definition) is 6. The minimum absolute atomic E-state index is 0.240. The fourth-order valence-corrected chi connectivity index (χ4v) is 4.10. The molecule has 0 saturated carbocycles. The largest absolute Gasteiger partial charge is 0.493 e. The zero-order valence-electron chi connectivity index (χ0n) is 16.0. The topological polar surface area (TPSA) is 72.6 Å². The van der Waals surface area contributed by atoms with E-state index in [1.165, 1.54) is 18.4 Å². The highest BCUT2D eigenvalue weighted by atomic mass is 35.5. The van der Waals surface area contributed by atoms with E-state index in [9.17, 15) is 8.42 Å². The van der Waals surface area contributed by atoms with Crippen LogP contribution in [0.15, 0.2) is 64.0 Å². The van der Waals surface area contributed by atoms with E-state index in [0.29, 0.717) is 34.8 Å². The first-order valence-corrected chi connectivity index (χ1v) is 11.8. The van der Waals surface area contributed by atoms with Gasteiger partial charge in [-0.15, -0.1) is 11.8 Å². The van der Waals surface area contributed by atoms with Gasteiger partial charge >= 0.3 is 0 Å². The molecule has 1 heterocycles. The van der Waals surface area contributed by atoms with Crippen LogP contribution in [-0.2, 0) is 15.8 Å². The molecule has 0 atom stereocenters. The van der Waals surface area contributed by atoms with E-state index in [4.69, 9.17) is 20.8 Å². The van der Waals surface area contributed by atoms with Crippen molar-refractivity contribution in [1.82, 2.24) is 9.29 Å². The van der Waals surface area contributed by atoms with Gasteiger partial charge in [0.25, 0.3) is 0 Å². The first-order chi connectivity index (χ1) is 13.9. The van der Waals surface area contributed by atoms with Gasteiger partial charge in [0, 0.05) is 30.4 Å². The van der Waals surface area contributed by atoms with Crippen molar-refractivity contribution in [2.75, 3.05) is 26.5 Å². The Bertz CT molecular complexity index is 1030. The third-order valence-corrected chi connectivity index (χ3v) is 6.99. The molecule has 0 radical (unpaired) electrons. The summed E-state index contributed by atoms with van der Waals surface area (Å²) in [6.07, 6.45) is 1.71. The van der Waals surface area contributed by atoms with Crippen LogP contribution in [0.4, 0.5) is 0 Å². The smallest absolute Gasteiger partial charge is 0.242 e. The van der Waals surface area contributed by atoms with E-state index in [0.717, 1.165) is 11.3 Å². The molecule has 9 heteroatoms. The Morgan fingerprint density at radius 3 is 2.45 bits per heavy atom. The zero-order chi connectivity index (χ0) is 20.9. The van der Waals surface area contributed by atoms with Crippen LogP contribution in [0, 0.1) is 0 Å². The van der Waals surface area contributed by atoms with Gasteiger partial charge in [0.1, 0.15) is 5.75 Å². The SMILES string of the molecule is CN(C)S(=O)(=O)c1ccc(OCCSCc2ncc(-c3ccc(Cl)cc3)o2)cc1. The number of ether oxygens (including phenoxy) is 1. The zero-order valence-corrected chi connectivity index (χ0v) is 18.4. The summed E-state index contributed by atoms with van der Waals surface area (Å²) in [5.74, 6) is 3.37. The van der Waals surface area contributed by atoms with Gasteiger partial charge in [0.15, 0.2) is 5.76 Å². The van der Waals surface area contributed by atoms with E-state index in [2.05, 4.69) is 4.98 Å². The summed E-state index contributed by atoms with van der Waals surface area (Å²) in [6.45, 7) is 0.495. The standard InChI is InChI=1S/C20H21ClN2O4S2/c1-23(2)29(24,25)18-9-7-17(8-10-18)26-11-12-28-14-20-22-13-19(27-20)15-3-5-16(21)6-4-15/h3-10,13H,11-12,14H2,1-2H3. The van der Waals surface area contributed by atoms with Crippen LogP contribution in [-0.4, -0.2) is 44.2 Å². The van der Waals surface area contributed by atoms with Crippen molar-refractivity contribution in [3.63, 3.8) is 0 Å². The van der Waals surface area contributed by atoms with Crippen molar-refractivity contribution >= 4 is 33.4 Å². The molecule has 0 spiro atoms. The lowest BCUT2D eigenvalue weighted by molar-refractivity contribution is 0.343. The van der Waals surface area contributed by atoms with Gasteiger partial charge in [-0.05, 0) is 48.5 Å². The van der Waals surface area contributed by atoms with E-state index < -0.39 is 10.0 Å². The molecule has 0 amide bonds. The third-order valence-electron chi connectivity index (χ3n) is 4.01. The summed E-state index contributed by atoms with van der Waals surface area (Å²) in [7, 11) is -0.418. The molecule has 2 aromatic carbocycles. The molecule has 0 aliphatic rings. The van der Waals surface area contributed by atoms with Crippen LogP contribution >= 0.6 is 23.4 Å². The number of benzene rings is 2. The number of rotatable bonds is 9. The summed E-state index contributed by atoms with van der Waals surface area (Å²) in [6, 6.07) is 13.8. The van der Waals surface area contributed by atoms with Gasteiger partial charge in [0.2, 0.25) is 15.9 Å². The van der Waals surface area contributed by atoms with E-state index in [1.54, 1.807) is 42.2 Å². The molecule has 0 aliphatic carbocycles. The Morgan fingerprint density at radius 1 is 1.10 bits per heavy atom. The Morgan fingerprint density at radius 2 is 1.79 bits per heavy atom. The lowest BCUT2D eigenvalue weighted by Crippen LogP contribution is -2.22. The predicted molar refractivity (Wildman–Crippen MR) is 116 cm³/mol. The molecule has 6 nitrogen and oxygen atoms in total. The Labute approximate surface area is 179 Å². The second-order valence-electron chi connectivity index (χ2n) is 6.29. The molecule has 0 aliphatic heterocycles. The van der Waals surface area contributed by atoms with Gasteiger partial charge in [-0.2, -0.15) is 0 Å². The lowest BCUT2D eigenvalue weighted by Gasteiger charge is -2.12. The number of sulfonamides is 1. The van der Waals surface area contributed by atoms with Crippen LogP contribution in [0.3, 0.4) is 0 Å². The number of hydrogen-bond donors (Lipinski definition) is 0. The molecule has 0 unspecified atom stereocenters. The molecule has 0 saturated heterocycles. The van der Waals surface area contributed by atoms with Gasteiger partial charge in [-0.3, -0.25) is 0 Å². The van der Waals surface area contributed by atoms with Crippen LogP contribution < -0.4 is 4.74 Å². The van der Waals surface area contributed by atoms with Gasteiger partial charge in [0.05, 0.1) is 23.5 Å². The Hall–Kier alpha value is -2.00. The summed E-state index contributed by atoms with van der Waals surface area (Å²) < 4.78 is 36.7. The van der Waals surface area contributed by atoms with Crippen LogP contribution in [0.1, 0.15) is 5.89 Å². The first kappa shape index (κ1) is 21.7. The summed E-state index contributed by atoms with van der Waals surface area (Å²) in [5, 5.41) is 0.679. The maximum atomic E-state index is 12.0. The van der Waals surface area contributed by atoms with Crippen molar-refractivity contribution in [3.8, 4) is 17.1 Å². The van der Waals surface area contributed by atoms with Gasteiger partial charge in [-0.1, -0.05) is 11.6 Å². The summed E-state index contributed by atoms with van der Waals surface area (Å²) in [5.41, 5.74) is 0.932. The van der Waals surface area contributed by atoms with Gasteiger partial charge in [-0.25, -0.2) is 17.7 Å². The van der Waals surface area contributed by atoms with Crippen molar-refractivity contribution in [2.24, 2.45) is 0 Å². The maximum Gasteiger partial charge on any atom is 0.242 e. The average molecular weight is 453 g/mol. The average Bonchev–Trinajstić information content (AvgIpc) is 3.17. The highest BCUT2D eigenvalue weighted by molar-refractivity contribution is 7.98. The first-order valence-electron chi connectivity index (χ1n) is 8.80. The van der Waals surface area contributed by atoms with E-state index in [1.807, 2.05) is 24.3 Å². The number of thioether (sulfide) groups is 1. The van der Waals surface area contributed by atoms with E-state index >= 15 is 0 Å². The molecule has 0 bridgehead atoms. The monoisotopic (exact) mass is 452 g/mol. The molecule has 154 valence electrons. The van der Waals surface area contributed by atoms with Crippen molar-refractivity contribution in [1.29, 1.82) is 0 Å². The minimum atomic E-state index is -3.42. The van der Waals surface area contributed by atoms with Crippen molar-refractivity contribution in [3.05, 3.63) is 65.6 Å². The highest BCUT2D eigenvalue weighted by Crippen LogP contribution is 2.24. The third kappa shape index (κ3) is 5.76. The second-order valence-corrected chi connectivity index (χ2v) is 9.98. The predicted octanol–water partition coefficient (Wildman–Crippen LogP) is 4.56. The Balaban J connectivity index is 1.43. The molecular formula is C20H21ClN2O4S2. The van der Waals surface area contributed by atoms with Crippen LogP contribution in [0.2, 0.25) is 5.02 Å². The molecule has 0 fully saturated rings. The van der Waals surface area contributed by atoms with Crippen molar-refractivity contribution in [2.45, 2.75) is 10.6 Å². The molecule has 0 N–H and O–H groups in total. The van der Waals surface area contributed by atoms with Crippen LogP contribution in [0.25, 0.3) is 11.3 Å². The van der Waals surface area contributed by atoms with Gasteiger partial charge < -0.3 is 9.15 Å². The van der Waals surface area contributed by atoms with Crippen LogP contribution in [0.5, 0.6) is 5.75 Å². The molecule has 29 heavy (non-hydrogen) atoms. The Kier molecular flexibility index (Phi) is 7.23. The normalized spacial score (nSPS) is 11.7. The summed E-state index contributed by atoms with van der Waals surface area (Å²) >= 11 is 7.54. The van der Waals surface area contributed by atoms with E-state index in [-0.39, 0.29) is 4.90 Å². The quantitative estimate of drug-likeness (QED) is 0.443. The molecular weight excluding hydrogens is 432 g/mol. The highest BCUT2D eigenvalue weighted by Gasteiger charge is 2.16. The number of nitrogens with zero attached hydrogens (tertiary/aromatic N) is 2. The number of halogens is 1. The molecule has 3 rings (SSSR count).